The Balaban J connectivity index is 2.52. The highest BCUT2D eigenvalue weighted by Gasteiger charge is 2.25. The van der Waals surface area contributed by atoms with E-state index in [0.717, 1.165) is 19.5 Å². The quantitative estimate of drug-likeness (QED) is 0.847. The maximum absolute atomic E-state index is 4.61. The van der Waals surface area contributed by atoms with Gasteiger partial charge < -0.3 is 5.32 Å². The molecule has 1 aromatic rings. The first-order chi connectivity index (χ1) is 8.11. The largest absolute Gasteiger partial charge is 0.316 e. The first-order valence-electron chi connectivity index (χ1n) is 6.79. The number of pyridine rings is 1. The molecule has 0 bridgehead atoms. The molecule has 1 aliphatic rings. The average molecular weight is 232 g/mol. The molecule has 0 amide bonds. The third kappa shape index (κ3) is 2.52. The Bertz CT molecular complexity index is 383. The van der Waals surface area contributed by atoms with E-state index in [9.17, 15) is 0 Å². The van der Waals surface area contributed by atoms with Gasteiger partial charge in [-0.3, -0.25) is 4.98 Å². The van der Waals surface area contributed by atoms with Crippen molar-refractivity contribution in [2.24, 2.45) is 5.92 Å². The molecule has 94 valence electrons. The van der Waals surface area contributed by atoms with E-state index in [-0.39, 0.29) is 0 Å². The van der Waals surface area contributed by atoms with Crippen molar-refractivity contribution in [1.29, 1.82) is 0 Å². The highest BCUT2D eigenvalue weighted by Crippen LogP contribution is 2.33. The predicted molar refractivity (Wildman–Crippen MR) is 72.5 cm³/mol. The molecule has 0 saturated heterocycles. The van der Waals surface area contributed by atoms with E-state index in [1.54, 1.807) is 0 Å². The molecule has 17 heavy (non-hydrogen) atoms. The molecule has 1 aromatic heterocycles. The van der Waals surface area contributed by atoms with E-state index >= 15 is 0 Å². The van der Waals surface area contributed by atoms with Crippen LogP contribution < -0.4 is 5.32 Å². The lowest BCUT2D eigenvalue weighted by Gasteiger charge is -2.25. The van der Waals surface area contributed by atoms with Gasteiger partial charge in [-0.1, -0.05) is 27.7 Å². The van der Waals surface area contributed by atoms with Crippen molar-refractivity contribution in [2.75, 3.05) is 13.1 Å². The number of hydrogen-bond acceptors (Lipinski definition) is 2. The van der Waals surface area contributed by atoms with Crippen LogP contribution in [0.25, 0.3) is 0 Å². The van der Waals surface area contributed by atoms with Gasteiger partial charge in [-0.05, 0) is 29.0 Å². The summed E-state index contributed by atoms with van der Waals surface area (Å²) in [6.07, 6.45) is 3.05. The van der Waals surface area contributed by atoms with Gasteiger partial charge in [0.15, 0.2) is 0 Å². The molecule has 1 N–H and O–H groups in total. The van der Waals surface area contributed by atoms with Crippen LogP contribution in [-0.2, 0) is 6.42 Å². The summed E-state index contributed by atoms with van der Waals surface area (Å²) in [4.78, 5) is 4.61. The monoisotopic (exact) mass is 232 g/mol. The summed E-state index contributed by atoms with van der Waals surface area (Å²) < 4.78 is 0. The Kier molecular flexibility index (Phi) is 3.82. The fourth-order valence-electron chi connectivity index (χ4n) is 2.80. The Labute approximate surface area is 105 Å². The number of rotatable bonds is 2. The van der Waals surface area contributed by atoms with Crippen LogP contribution in [0, 0.1) is 5.92 Å². The number of hydrogen-bond donors (Lipinski definition) is 1. The third-order valence-electron chi connectivity index (χ3n) is 3.81. The van der Waals surface area contributed by atoms with E-state index in [1.807, 2.05) is 6.20 Å². The van der Waals surface area contributed by atoms with Crippen LogP contribution >= 0.6 is 0 Å². The topological polar surface area (TPSA) is 24.9 Å². The van der Waals surface area contributed by atoms with Gasteiger partial charge >= 0.3 is 0 Å². The van der Waals surface area contributed by atoms with Crippen molar-refractivity contribution < 1.29 is 0 Å². The van der Waals surface area contributed by atoms with Crippen LogP contribution in [0.4, 0.5) is 0 Å². The van der Waals surface area contributed by atoms with Crippen LogP contribution in [0.3, 0.4) is 0 Å². The Morgan fingerprint density at radius 3 is 2.71 bits per heavy atom. The minimum Gasteiger partial charge on any atom is -0.316 e. The highest BCUT2D eigenvalue weighted by atomic mass is 14.9. The second kappa shape index (κ2) is 5.18. The van der Waals surface area contributed by atoms with Gasteiger partial charge in [0, 0.05) is 37.3 Å². The number of nitrogens with one attached hydrogen (secondary N) is 1. The van der Waals surface area contributed by atoms with Gasteiger partial charge in [0.1, 0.15) is 0 Å². The Morgan fingerprint density at radius 2 is 2.06 bits per heavy atom. The first kappa shape index (κ1) is 12.6. The molecule has 0 spiro atoms. The van der Waals surface area contributed by atoms with Gasteiger partial charge in [0.05, 0.1) is 0 Å². The lowest BCUT2D eigenvalue weighted by Crippen LogP contribution is -2.23. The molecule has 0 aromatic carbocycles. The molecule has 0 fully saturated rings. The van der Waals surface area contributed by atoms with Crippen molar-refractivity contribution in [3.05, 3.63) is 29.1 Å². The fraction of sp³-hybridized carbons (Fsp3) is 0.667. The van der Waals surface area contributed by atoms with E-state index in [0.29, 0.717) is 17.8 Å². The molecule has 1 atom stereocenters. The lowest BCUT2D eigenvalue weighted by molar-refractivity contribution is 0.470. The van der Waals surface area contributed by atoms with Crippen LogP contribution in [0.15, 0.2) is 12.3 Å². The standard InChI is InChI=1S/C15H24N2/c1-10(2)12-5-8-17-14-6-7-16-9-13(11(3)4)15(12)14/h5,8,10-11,13,16H,6-7,9H2,1-4H3. The minimum atomic E-state index is 0.589. The zero-order valence-electron chi connectivity index (χ0n) is 11.5. The zero-order valence-corrected chi connectivity index (χ0v) is 11.5. The molecule has 0 saturated carbocycles. The Hall–Kier alpha value is -0.890. The summed E-state index contributed by atoms with van der Waals surface area (Å²) in [5, 5.41) is 3.55. The van der Waals surface area contributed by atoms with Gasteiger partial charge in [-0.15, -0.1) is 0 Å². The van der Waals surface area contributed by atoms with E-state index in [1.165, 1.54) is 16.8 Å². The lowest BCUT2D eigenvalue weighted by atomic mass is 9.82. The summed E-state index contributed by atoms with van der Waals surface area (Å²) in [5.41, 5.74) is 4.35. The Morgan fingerprint density at radius 1 is 1.29 bits per heavy atom. The number of fused-ring (bicyclic) bond motifs is 1. The average Bonchev–Trinajstić information content (AvgIpc) is 2.50. The van der Waals surface area contributed by atoms with Crippen LogP contribution in [0.2, 0.25) is 0 Å². The van der Waals surface area contributed by atoms with Crippen molar-refractivity contribution in [3.8, 4) is 0 Å². The van der Waals surface area contributed by atoms with Crippen molar-refractivity contribution >= 4 is 0 Å². The fourth-order valence-corrected chi connectivity index (χ4v) is 2.80. The van der Waals surface area contributed by atoms with Crippen LogP contribution in [0.1, 0.15) is 56.4 Å². The van der Waals surface area contributed by atoms with E-state index < -0.39 is 0 Å². The molecule has 2 nitrogen and oxygen atoms in total. The van der Waals surface area contributed by atoms with Crippen molar-refractivity contribution in [1.82, 2.24) is 10.3 Å². The maximum Gasteiger partial charge on any atom is 0.0454 e. The normalized spacial score (nSPS) is 20.5. The molecule has 0 radical (unpaired) electrons. The van der Waals surface area contributed by atoms with Crippen LogP contribution in [0.5, 0.6) is 0 Å². The molecule has 2 rings (SSSR count). The predicted octanol–water partition coefficient (Wildman–Crippen LogP) is 3.09. The molecule has 0 aliphatic carbocycles. The summed E-state index contributed by atoms with van der Waals surface area (Å²) in [5.74, 6) is 1.87. The van der Waals surface area contributed by atoms with Gasteiger partial charge in [-0.2, -0.15) is 0 Å². The van der Waals surface area contributed by atoms with Gasteiger partial charge in [0.25, 0.3) is 0 Å². The number of aromatic nitrogens is 1. The summed E-state index contributed by atoms with van der Waals surface area (Å²) >= 11 is 0. The highest BCUT2D eigenvalue weighted by molar-refractivity contribution is 5.37. The second-order valence-electron chi connectivity index (χ2n) is 5.72. The van der Waals surface area contributed by atoms with E-state index in [2.05, 4.69) is 44.1 Å². The molecule has 1 aliphatic heterocycles. The maximum atomic E-state index is 4.61. The second-order valence-corrected chi connectivity index (χ2v) is 5.72. The zero-order chi connectivity index (χ0) is 12.4. The summed E-state index contributed by atoms with van der Waals surface area (Å²) in [6.45, 7) is 11.4. The third-order valence-corrected chi connectivity index (χ3v) is 3.81. The van der Waals surface area contributed by atoms with Gasteiger partial charge in [-0.25, -0.2) is 0 Å². The smallest absolute Gasteiger partial charge is 0.0454 e. The first-order valence-corrected chi connectivity index (χ1v) is 6.79. The summed E-state index contributed by atoms with van der Waals surface area (Å²) in [6, 6.07) is 2.21. The van der Waals surface area contributed by atoms with Crippen molar-refractivity contribution in [3.63, 3.8) is 0 Å². The van der Waals surface area contributed by atoms with Crippen molar-refractivity contribution in [2.45, 2.75) is 46.0 Å². The van der Waals surface area contributed by atoms with Gasteiger partial charge in [0.2, 0.25) is 0 Å². The minimum absolute atomic E-state index is 0.589. The molecule has 1 unspecified atom stereocenters. The molecular formula is C15H24N2. The number of nitrogens with zero attached hydrogens (tertiary/aromatic N) is 1. The molecule has 2 heterocycles. The van der Waals surface area contributed by atoms with Crippen LogP contribution in [-0.4, -0.2) is 18.1 Å². The SMILES string of the molecule is CC(C)c1ccnc2c1C(C(C)C)CNCC2. The molecular weight excluding hydrogens is 208 g/mol. The van der Waals surface area contributed by atoms with E-state index in [4.69, 9.17) is 0 Å². The summed E-state index contributed by atoms with van der Waals surface area (Å²) in [7, 11) is 0. The molecule has 2 heteroatoms.